The van der Waals surface area contributed by atoms with Crippen molar-refractivity contribution in [3.8, 4) is 0 Å². The van der Waals surface area contributed by atoms with Gasteiger partial charge in [0.1, 0.15) is 5.01 Å². The second-order valence-corrected chi connectivity index (χ2v) is 10.2. The molecule has 0 atom stereocenters. The topological polar surface area (TPSA) is 54.5 Å². The van der Waals surface area contributed by atoms with E-state index in [0.717, 1.165) is 18.0 Å². The van der Waals surface area contributed by atoms with Gasteiger partial charge >= 0.3 is 0 Å². The Morgan fingerprint density at radius 1 is 1.29 bits per heavy atom. The first kappa shape index (κ1) is 16.5. The summed E-state index contributed by atoms with van der Waals surface area (Å²) in [6, 6.07) is 0. The van der Waals surface area contributed by atoms with Crippen LogP contribution in [0.25, 0.3) is 0 Å². The van der Waals surface area contributed by atoms with Gasteiger partial charge in [-0.2, -0.15) is 0 Å². The Morgan fingerprint density at radius 2 is 2.04 bits per heavy atom. The molecular formula is C18H27N3O2S. The van der Waals surface area contributed by atoms with Crippen LogP contribution in [0.3, 0.4) is 0 Å². The molecule has 2 fully saturated rings. The second kappa shape index (κ2) is 5.26. The first-order valence-corrected chi connectivity index (χ1v) is 9.60. The van der Waals surface area contributed by atoms with E-state index in [4.69, 9.17) is 9.72 Å². The number of thiazole rings is 1. The third-order valence-corrected chi connectivity index (χ3v) is 7.06. The van der Waals surface area contributed by atoms with Crippen LogP contribution in [-0.2, 0) is 27.9 Å². The van der Waals surface area contributed by atoms with Crippen molar-refractivity contribution in [2.75, 3.05) is 26.3 Å². The van der Waals surface area contributed by atoms with E-state index in [-0.39, 0.29) is 16.9 Å². The van der Waals surface area contributed by atoms with Crippen LogP contribution in [0.15, 0.2) is 0 Å². The minimum atomic E-state index is -0.0190. The minimum Gasteiger partial charge on any atom is -0.377 e. The molecule has 1 aromatic rings. The maximum atomic E-state index is 11.9. The summed E-state index contributed by atoms with van der Waals surface area (Å²) in [5, 5.41) is 4.13. The molecule has 1 aromatic heterocycles. The number of ether oxygens (including phenoxy) is 1. The Balaban J connectivity index is 1.60. The number of carbonyl (C=O) groups is 1. The largest absolute Gasteiger partial charge is 0.377 e. The van der Waals surface area contributed by atoms with Gasteiger partial charge in [-0.25, -0.2) is 4.98 Å². The zero-order chi connectivity index (χ0) is 17.2. The number of rotatable bonds is 2. The summed E-state index contributed by atoms with van der Waals surface area (Å²) in [6.45, 7) is 12.7. The summed E-state index contributed by atoms with van der Waals surface area (Å²) >= 11 is 1.85. The SMILES string of the molecule is CC1(C)Cc2nc(CN3CC(=O)NCC34COC4)sc2C(C)(C)C1. The molecule has 24 heavy (non-hydrogen) atoms. The van der Waals surface area contributed by atoms with Gasteiger partial charge in [0, 0.05) is 16.8 Å². The zero-order valence-electron chi connectivity index (χ0n) is 15.1. The fourth-order valence-corrected chi connectivity index (χ4v) is 5.89. The van der Waals surface area contributed by atoms with Gasteiger partial charge in [-0.1, -0.05) is 27.7 Å². The maximum Gasteiger partial charge on any atom is 0.234 e. The molecule has 3 heterocycles. The van der Waals surface area contributed by atoms with E-state index in [2.05, 4.69) is 37.9 Å². The van der Waals surface area contributed by atoms with Crippen LogP contribution in [0.2, 0.25) is 0 Å². The monoisotopic (exact) mass is 349 g/mol. The normalized spacial score (nSPS) is 27.4. The summed E-state index contributed by atoms with van der Waals surface area (Å²) in [4.78, 5) is 20.6. The Morgan fingerprint density at radius 3 is 2.71 bits per heavy atom. The highest BCUT2D eigenvalue weighted by molar-refractivity contribution is 7.11. The number of hydrogen-bond donors (Lipinski definition) is 1. The average Bonchev–Trinajstić information content (AvgIpc) is 2.78. The lowest BCUT2D eigenvalue weighted by Crippen LogP contribution is -2.71. The highest BCUT2D eigenvalue weighted by Crippen LogP contribution is 2.47. The Hall–Kier alpha value is -0.980. The number of carbonyl (C=O) groups excluding carboxylic acids is 1. The fraction of sp³-hybridized carbons (Fsp3) is 0.778. The number of aromatic nitrogens is 1. The quantitative estimate of drug-likeness (QED) is 0.888. The van der Waals surface area contributed by atoms with Crippen molar-refractivity contribution in [2.45, 2.75) is 58.0 Å². The van der Waals surface area contributed by atoms with Crippen LogP contribution in [0, 0.1) is 5.41 Å². The summed E-state index contributed by atoms with van der Waals surface area (Å²) in [5.74, 6) is 0.107. The lowest BCUT2D eigenvalue weighted by molar-refractivity contribution is -0.164. The molecule has 1 aliphatic carbocycles. The van der Waals surface area contributed by atoms with E-state index >= 15 is 0 Å². The van der Waals surface area contributed by atoms with Crippen LogP contribution in [-0.4, -0.2) is 47.6 Å². The molecule has 1 amide bonds. The molecule has 0 unspecified atom stereocenters. The molecule has 1 spiro atoms. The summed E-state index contributed by atoms with van der Waals surface area (Å²) in [6.07, 6.45) is 2.25. The Kier molecular flexibility index (Phi) is 3.61. The summed E-state index contributed by atoms with van der Waals surface area (Å²) in [7, 11) is 0. The molecule has 4 rings (SSSR count). The Bertz CT molecular complexity index is 676. The van der Waals surface area contributed by atoms with E-state index < -0.39 is 0 Å². The molecule has 0 bridgehead atoms. The van der Waals surface area contributed by atoms with Crippen molar-refractivity contribution in [3.05, 3.63) is 15.6 Å². The lowest BCUT2D eigenvalue weighted by Gasteiger charge is -2.51. The predicted octanol–water partition coefficient (Wildman–Crippen LogP) is 2.09. The predicted molar refractivity (Wildman–Crippen MR) is 94.2 cm³/mol. The van der Waals surface area contributed by atoms with Gasteiger partial charge in [-0.3, -0.25) is 9.69 Å². The number of piperazine rings is 1. The van der Waals surface area contributed by atoms with Gasteiger partial charge in [-0.15, -0.1) is 11.3 Å². The molecule has 1 N–H and O–H groups in total. The molecule has 0 radical (unpaired) electrons. The number of nitrogens with zero attached hydrogens (tertiary/aromatic N) is 2. The van der Waals surface area contributed by atoms with E-state index in [1.165, 1.54) is 17.0 Å². The van der Waals surface area contributed by atoms with Crippen molar-refractivity contribution in [2.24, 2.45) is 5.41 Å². The molecule has 132 valence electrons. The number of amides is 1. The number of nitrogens with one attached hydrogen (secondary N) is 1. The van der Waals surface area contributed by atoms with Gasteiger partial charge < -0.3 is 10.1 Å². The summed E-state index contributed by atoms with van der Waals surface area (Å²) in [5.41, 5.74) is 1.74. The number of hydrogen-bond acceptors (Lipinski definition) is 5. The highest BCUT2D eigenvalue weighted by Gasteiger charge is 2.48. The van der Waals surface area contributed by atoms with Crippen LogP contribution in [0.5, 0.6) is 0 Å². The van der Waals surface area contributed by atoms with Crippen molar-refractivity contribution in [1.29, 1.82) is 0 Å². The Labute approximate surface area is 147 Å². The van der Waals surface area contributed by atoms with Gasteiger partial charge in [0.15, 0.2) is 0 Å². The molecule has 2 saturated heterocycles. The maximum absolute atomic E-state index is 11.9. The van der Waals surface area contributed by atoms with Crippen molar-refractivity contribution < 1.29 is 9.53 Å². The van der Waals surface area contributed by atoms with Crippen molar-refractivity contribution >= 4 is 17.2 Å². The van der Waals surface area contributed by atoms with E-state index in [1.54, 1.807) is 0 Å². The molecular weight excluding hydrogens is 322 g/mol. The highest BCUT2D eigenvalue weighted by atomic mass is 32.1. The standard InChI is InChI=1S/C18H27N3O2S/c1-16(2)5-12-15(17(3,4)8-16)24-14(20-12)7-21-6-13(22)19-9-18(21)10-23-11-18/h5-11H2,1-4H3,(H,19,22). The molecule has 6 heteroatoms. The molecule has 3 aliphatic rings. The third-order valence-electron chi connectivity index (χ3n) is 5.61. The van der Waals surface area contributed by atoms with Crippen molar-refractivity contribution in [3.63, 3.8) is 0 Å². The third kappa shape index (κ3) is 2.68. The summed E-state index contributed by atoms with van der Waals surface area (Å²) < 4.78 is 5.45. The van der Waals surface area contributed by atoms with E-state index in [9.17, 15) is 4.79 Å². The van der Waals surface area contributed by atoms with Crippen LogP contribution in [0.1, 0.15) is 49.7 Å². The number of fused-ring (bicyclic) bond motifs is 1. The molecule has 2 aliphatic heterocycles. The van der Waals surface area contributed by atoms with Crippen LogP contribution < -0.4 is 5.32 Å². The van der Waals surface area contributed by atoms with Gasteiger partial charge in [0.05, 0.1) is 37.5 Å². The first-order valence-electron chi connectivity index (χ1n) is 8.78. The molecule has 5 nitrogen and oxygen atoms in total. The lowest BCUT2D eigenvalue weighted by atomic mass is 9.67. The fourth-order valence-electron chi connectivity index (χ4n) is 4.69. The minimum absolute atomic E-state index is 0.0190. The van der Waals surface area contributed by atoms with Crippen molar-refractivity contribution in [1.82, 2.24) is 15.2 Å². The molecule has 0 aromatic carbocycles. The van der Waals surface area contributed by atoms with E-state index in [0.29, 0.717) is 31.7 Å². The first-order chi connectivity index (χ1) is 11.2. The zero-order valence-corrected chi connectivity index (χ0v) is 15.9. The average molecular weight is 350 g/mol. The van der Waals surface area contributed by atoms with E-state index in [1.807, 2.05) is 11.3 Å². The van der Waals surface area contributed by atoms with Gasteiger partial charge in [0.2, 0.25) is 5.91 Å². The van der Waals surface area contributed by atoms with Crippen LogP contribution >= 0.6 is 11.3 Å². The second-order valence-electron chi connectivity index (χ2n) is 9.14. The smallest absolute Gasteiger partial charge is 0.234 e. The van der Waals surface area contributed by atoms with Crippen LogP contribution in [0.4, 0.5) is 0 Å². The molecule has 0 saturated carbocycles. The van der Waals surface area contributed by atoms with Gasteiger partial charge in [-0.05, 0) is 18.3 Å². The van der Waals surface area contributed by atoms with Gasteiger partial charge in [0.25, 0.3) is 0 Å².